The molecule has 0 amide bonds. The summed E-state index contributed by atoms with van der Waals surface area (Å²) in [6, 6.07) is 3.00. The molecule has 0 radical (unpaired) electrons. The third-order valence-electron chi connectivity index (χ3n) is 3.63. The lowest BCUT2D eigenvalue weighted by Gasteiger charge is -2.57. The number of hydrogen-bond acceptors (Lipinski definition) is 2. The van der Waals surface area contributed by atoms with E-state index < -0.39 is 0 Å². The lowest BCUT2D eigenvalue weighted by atomic mass is 9.80. The zero-order valence-electron chi connectivity index (χ0n) is 11.2. The van der Waals surface area contributed by atoms with E-state index in [0.717, 1.165) is 30.9 Å². The maximum Gasteiger partial charge on any atom is 0.125 e. The Morgan fingerprint density at radius 2 is 1.94 bits per heavy atom. The Kier molecular flexibility index (Phi) is 3.83. The molecule has 2 nitrogen and oxygen atoms in total. The molecule has 1 N–H and O–H groups in total. The molecule has 0 atom stereocenters. The molecule has 1 aromatic rings. The zero-order valence-corrected chi connectivity index (χ0v) is 11.9. The van der Waals surface area contributed by atoms with Gasteiger partial charge < -0.3 is 10.2 Å². The molecule has 100 valence electrons. The summed E-state index contributed by atoms with van der Waals surface area (Å²) < 4.78 is 13.3. The third-order valence-corrected chi connectivity index (χ3v) is 4.12. The molecular formula is C14H20ClFN2. The van der Waals surface area contributed by atoms with Crippen LogP contribution in [0.15, 0.2) is 12.1 Å². The molecule has 1 aromatic carbocycles. The highest BCUT2D eigenvalue weighted by molar-refractivity contribution is 6.34. The maximum absolute atomic E-state index is 13.3. The van der Waals surface area contributed by atoms with E-state index >= 15 is 0 Å². The van der Waals surface area contributed by atoms with E-state index in [2.05, 4.69) is 10.2 Å². The van der Waals surface area contributed by atoms with E-state index in [4.69, 9.17) is 11.6 Å². The van der Waals surface area contributed by atoms with E-state index in [-0.39, 0.29) is 5.82 Å². The first-order chi connectivity index (χ1) is 8.60. The molecule has 2 fully saturated rings. The van der Waals surface area contributed by atoms with Crippen molar-refractivity contribution in [3.8, 4) is 0 Å². The van der Waals surface area contributed by atoms with Crippen molar-refractivity contribution in [2.24, 2.45) is 0 Å². The largest absolute Gasteiger partial charge is 0.366 e. The first-order valence-corrected chi connectivity index (χ1v) is 6.93. The summed E-state index contributed by atoms with van der Waals surface area (Å²) in [7, 11) is 0. The molecule has 0 unspecified atom stereocenters. The number of nitrogens with one attached hydrogen (secondary N) is 1. The van der Waals surface area contributed by atoms with Gasteiger partial charge in [-0.05, 0) is 37.6 Å². The molecule has 2 saturated heterocycles. The predicted octanol–water partition coefficient (Wildman–Crippen LogP) is 3.37. The van der Waals surface area contributed by atoms with Crippen LogP contribution in [-0.4, -0.2) is 25.2 Å². The van der Waals surface area contributed by atoms with Crippen molar-refractivity contribution in [3.63, 3.8) is 0 Å². The SMILES string of the molecule is CC.Cc1cc(F)cc(N2CC3(CCN3)C2)c1Cl. The molecule has 0 aromatic heterocycles. The van der Waals surface area contributed by atoms with Crippen molar-refractivity contribution in [3.05, 3.63) is 28.5 Å². The number of hydrogen-bond donors (Lipinski definition) is 1. The summed E-state index contributed by atoms with van der Waals surface area (Å²) in [6.45, 7) is 8.82. The number of aryl methyl sites for hydroxylation is 1. The van der Waals surface area contributed by atoms with E-state index in [9.17, 15) is 4.39 Å². The van der Waals surface area contributed by atoms with E-state index in [1.165, 1.54) is 18.6 Å². The lowest BCUT2D eigenvalue weighted by Crippen LogP contribution is -2.76. The van der Waals surface area contributed by atoms with Gasteiger partial charge in [-0.2, -0.15) is 0 Å². The highest BCUT2D eigenvalue weighted by Gasteiger charge is 2.47. The molecule has 1 spiro atoms. The monoisotopic (exact) mass is 270 g/mol. The van der Waals surface area contributed by atoms with Crippen molar-refractivity contribution in [1.29, 1.82) is 0 Å². The summed E-state index contributed by atoms with van der Waals surface area (Å²) in [5.74, 6) is -0.209. The van der Waals surface area contributed by atoms with Gasteiger partial charge in [0.25, 0.3) is 0 Å². The van der Waals surface area contributed by atoms with E-state index in [1.54, 1.807) is 0 Å². The topological polar surface area (TPSA) is 15.3 Å². The Hall–Kier alpha value is -0.800. The van der Waals surface area contributed by atoms with Gasteiger partial charge in [-0.3, -0.25) is 0 Å². The van der Waals surface area contributed by atoms with Crippen LogP contribution in [0.5, 0.6) is 0 Å². The molecule has 2 heterocycles. The van der Waals surface area contributed by atoms with Crippen LogP contribution in [0.3, 0.4) is 0 Å². The van der Waals surface area contributed by atoms with Gasteiger partial charge in [0.15, 0.2) is 0 Å². The van der Waals surface area contributed by atoms with E-state index in [0.29, 0.717) is 10.6 Å². The number of anilines is 1. The second-order valence-corrected chi connectivity index (χ2v) is 5.25. The van der Waals surface area contributed by atoms with Gasteiger partial charge in [-0.25, -0.2) is 4.39 Å². The average molecular weight is 271 g/mol. The van der Waals surface area contributed by atoms with Crippen molar-refractivity contribution in [2.45, 2.75) is 32.7 Å². The third kappa shape index (κ3) is 2.21. The number of benzene rings is 1. The van der Waals surface area contributed by atoms with Crippen molar-refractivity contribution < 1.29 is 4.39 Å². The summed E-state index contributed by atoms with van der Waals surface area (Å²) >= 11 is 6.20. The van der Waals surface area contributed by atoms with Crippen LogP contribution in [0.4, 0.5) is 10.1 Å². The molecule has 0 aliphatic carbocycles. The fraction of sp³-hybridized carbons (Fsp3) is 0.571. The van der Waals surface area contributed by atoms with Crippen LogP contribution in [0.2, 0.25) is 5.02 Å². The van der Waals surface area contributed by atoms with Gasteiger partial charge >= 0.3 is 0 Å². The van der Waals surface area contributed by atoms with Gasteiger partial charge in [0.05, 0.1) is 16.2 Å². The number of rotatable bonds is 1. The number of nitrogens with zero attached hydrogens (tertiary/aromatic N) is 1. The Morgan fingerprint density at radius 3 is 2.44 bits per heavy atom. The second-order valence-electron chi connectivity index (χ2n) is 4.87. The standard InChI is InChI=1S/C12H14ClFN2.C2H6/c1-8-4-9(14)5-10(11(8)13)16-6-12(7-16)2-3-15-12;1-2/h4-5,15H,2-3,6-7H2,1H3;1-2H3. The molecule has 18 heavy (non-hydrogen) atoms. The first kappa shape index (κ1) is 13.6. The Morgan fingerprint density at radius 1 is 1.33 bits per heavy atom. The van der Waals surface area contributed by atoms with E-state index in [1.807, 2.05) is 20.8 Å². The van der Waals surface area contributed by atoms with Crippen LogP contribution in [0, 0.1) is 12.7 Å². The van der Waals surface area contributed by atoms with Gasteiger partial charge in [0, 0.05) is 13.1 Å². The smallest absolute Gasteiger partial charge is 0.125 e. The fourth-order valence-corrected chi connectivity index (χ4v) is 2.77. The van der Waals surface area contributed by atoms with Crippen molar-refractivity contribution in [1.82, 2.24) is 5.32 Å². The summed E-state index contributed by atoms with van der Waals surface area (Å²) in [5.41, 5.74) is 1.93. The molecule has 0 bridgehead atoms. The quantitative estimate of drug-likeness (QED) is 0.842. The highest BCUT2D eigenvalue weighted by Crippen LogP contribution is 2.38. The number of halogens is 2. The Balaban J connectivity index is 0.000000574. The lowest BCUT2D eigenvalue weighted by molar-refractivity contribution is 0.159. The van der Waals surface area contributed by atoms with Crippen molar-refractivity contribution >= 4 is 17.3 Å². The van der Waals surface area contributed by atoms with Gasteiger partial charge in [0.1, 0.15) is 5.82 Å². The highest BCUT2D eigenvalue weighted by atomic mass is 35.5. The van der Waals surface area contributed by atoms with Crippen LogP contribution in [0.1, 0.15) is 25.8 Å². The minimum Gasteiger partial charge on any atom is -0.366 e. The van der Waals surface area contributed by atoms with Crippen LogP contribution >= 0.6 is 11.6 Å². The normalized spacial score (nSPS) is 19.7. The van der Waals surface area contributed by atoms with Crippen LogP contribution in [0.25, 0.3) is 0 Å². The minimum atomic E-state index is -0.209. The molecule has 2 aliphatic rings. The van der Waals surface area contributed by atoms with Crippen molar-refractivity contribution in [2.75, 3.05) is 24.5 Å². The summed E-state index contributed by atoms with van der Waals surface area (Å²) in [6.07, 6.45) is 1.22. The van der Waals surface area contributed by atoms with Crippen LogP contribution in [-0.2, 0) is 0 Å². The molecular weight excluding hydrogens is 251 g/mol. The van der Waals surface area contributed by atoms with Gasteiger partial charge in [-0.15, -0.1) is 0 Å². The second kappa shape index (κ2) is 5.06. The molecule has 0 saturated carbocycles. The minimum absolute atomic E-state index is 0.209. The molecule has 2 aliphatic heterocycles. The summed E-state index contributed by atoms with van der Waals surface area (Å²) in [5, 5.41) is 4.10. The Labute approximate surface area is 113 Å². The van der Waals surface area contributed by atoms with Gasteiger partial charge in [0.2, 0.25) is 0 Å². The van der Waals surface area contributed by atoms with Gasteiger partial charge in [-0.1, -0.05) is 25.4 Å². The fourth-order valence-electron chi connectivity index (χ4n) is 2.54. The average Bonchev–Trinajstić information content (AvgIpc) is 2.24. The maximum atomic E-state index is 13.3. The Bertz CT molecular complexity index is 436. The predicted molar refractivity (Wildman–Crippen MR) is 75.1 cm³/mol. The molecule has 3 rings (SSSR count). The molecule has 4 heteroatoms. The zero-order chi connectivity index (χ0) is 13.3. The van der Waals surface area contributed by atoms with Crippen LogP contribution < -0.4 is 10.2 Å². The first-order valence-electron chi connectivity index (χ1n) is 6.55. The summed E-state index contributed by atoms with van der Waals surface area (Å²) in [4.78, 5) is 2.14.